The van der Waals surface area contributed by atoms with E-state index in [0.29, 0.717) is 24.8 Å². The van der Waals surface area contributed by atoms with E-state index in [2.05, 4.69) is 36.2 Å². The normalized spacial score (nSPS) is 21.8. The molecule has 7 nitrogen and oxygen atoms in total. The van der Waals surface area contributed by atoms with Gasteiger partial charge in [0, 0.05) is 37.0 Å². The maximum absolute atomic E-state index is 12.2. The average Bonchev–Trinajstić information content (AvgIpc) is 3.35. The van der Waals surface area contributed by atoms with Crippen molar-refractivity contribution in [1.29, 1.82) is 0 Å². The summed E-state index contributed by atoms with van der Waals surface area (Å²) in [6, 6.07) is 2.48. The molecule has 0 aromatic carbocycles. The first kappa shape index (κ1) is 21.6. The van der Waals surface area contributed by atoms with Crippen LogP contribution in [0.5, 0.6) is 0 Å². The molecule has 7 heteroatoms. The Kier molecular flexibility index (Phi) is 6.28. The van der Waals surface area contributed by atoms with Gasteiger partial charge in [0.25, 0.3) is 0 Å². The van der Waals surface area contributed by atoms with Gasteiger partial charge in [0.1, 0.15) is 0 Å². The van der Waals surface area contributed by atoms with Gasteiger partial charge in [0.2, 0.25) is 5.91 Å². The van der Waals surface area contributed by atoms with Gasteiger partial charge in [-0.05, 0) is 76.0 Å². The zero-order chi connectivity index (χ0) is 22.1. The smallest absolute Gasteiger partial charge is 0.220 e. The summed E-state index contributed by atoms with van der Waals surface area (Å²) in [6.45, 7) is 8.65. The van der Waals surface area contributed by atoms with Crippen molar-refractivity contribution in [1.82, 2.24) is 24.8 Å². The van der Waals surface area contributed by atoms with Gasteiger partial charge in [-0.1, -0.05) is 6.08 Å². The highest BCUT2D eigenvalue weighted by Crippen LogP contribution is 2.33. The zero-order valence-corrected chi connectivity index (χ0v) is 19.4. The molecule has 2 aromatic rings. The number of amides is 1. The fourth-order valence-electron chi connectivity index (χ4n) is 5.11. The van der Waals surface area contributed by atoms with Crippen LogP contribution in [0, 0.1) is 19.8 Å². The van der Waals surface area contributed by atoms with E-state index in [0.717, 1.165) is 74.0 Å². The Morgan fingerprint density at radius 3 is 2.94 bits per heavy atom. The molecule has 0 bridgehead atoms. The number of carbonyl (C=O) groups excluding carboxylic acids is 1. The van der Waals surface area contributed by atoms with Gasteiger partial charge >= 0.3 is 0 Å². The summed E-state index contributed by atoms with van der Waals surface area (Å²) in [5, 5.41) is 8.07. The topological polar surface area (TPSA) is 71.8 Å². The average molecular weight is 438 g/mol. The summed E-state index contributed by atoms with van der Waals surface area (Å²) in [7, 11) is 0. The van der Waals surface area contributed by atoms with Gasteiger partial charge in [-0.15, -0.1) is 0 Å². The second kappa shape index (κ2) is 9.32. The molecule has 1 amide bonds. The van der Waals surface area contributed by atoms with Crippen molar-refractivity contribution in [2.24, 2.45) is 5.92 Å². The number of hydrogen-bond acceptors (Lipinski definition) is 5. The fraction of sp³-hybridized carbons (Fsp3) is 0.640. The van der Waals surface area contributed by atoms with Crippen LogP contribution in [0.2, 0.25) is 0 Å². The zero-order valence-electron chi connectivity index (χ0n) is 19.4. The molecule has 1 saturated heterocycles. The summed E-state index contributed by atoms with van der Waals surface area (Å²) in [6.07, 6.45) is 9.40. The Morgan fingerprint density at radius 2 is 2.16 bits per heavy atom. The molecule has 2 aliphatic heterocycles. The number of aromatic nitrogens is 3. The summed E-state index contributed by atoms with van der Waals surface area (Å²) in [5.41, 5.74) is 6.64. The molecule has 0 spiro atoms. The monoisotopic (exact) mass is 437 g/mol. The molecule has 1 atom stereocenters. The van der Waals surface area contributed by atoms with Gasteiger partial charge in [0.15, 0.2) is 5.65 Å². The van der Waals surface area contributed by atoms with Crippen LogP contribution in [-0.4, -0.2) is 58.3 Å². The molecule has 1 saturated carbocycles. The van der Waals surface area contributed by atoms with E-state index in [1.54, 1.807) is 0 Å². The molecule has 1 aliphatic carbocycles. The van der Waals surface area contributed by atoms with Crippen LogP contribution in [0.25, 0.3) is 5.65 Å². The van der Waals surface area contributed by atoms with Gasteiger partial charge in [-0.3, -0.25) is 9.69 Å². The van der Waals surface area contributed by atoms with Crippen molar-refractivity contribution in [3.63, 3.8) is 0 Å². The molecule has 172 valence electrons. The number of aryl methyl sites for hydroxylation is 2. The number of hydrogen-bond donors (Lipinski definition) is 1. The Labute approximate surface area is 190 Å². The minimum absolute atomic E-state index is 0.138. The van der Waals surface area contributed by atoms with E-state index < -0.39 is 0 Å². The van der Waals surface area contributed by atoms with Crippen LogP contribution in [0.1, 0.15) is 67.2 Å². The van der Waals surface area contributed by atoms with Crippen LogP contribution in [0.15, 0.2) is 17.7 Å². The maximum Gasteiger partial charge on any atom is 0.220 e. The maximum atomic E-state index is 12.2. The number of carbonyl (C=O) groups is 1. The van der Waals surface area contributed by atoms with E-state index in [-0.39, 0.29) is 5.91 Å². The Bertz CT molecular complexity index is 1020. The third-order valence-electron chi connectivity index (χ3n) is 7.16. The second-order valence-electron chi connectivity index (χ2n) is 9.68. The summed E-state index contributed by atoms with van der Waals surface area (Å²) in [4.78, 5) is 19.6. The lowest BCUT2D eigenvalue weighted by molar-refractivity contribution is -0.121. The largest absolute Gasteiger partial charge is 0.377 e. The molecule has 1 N–H and O–H groups in total. The lowest BCUT2D eigenvalue weighted by atomic mass is 10.1. The SMILES string of the molecule is Cc1nc2cc(C3CCCN3CC3=CCCOC3)nn2c(C)c1CCC(=O)NCC1CC1. The van der Waals surface area contributed by atoms with Gasteiger partial charge in [-0.2, -0.15) is 5.10 Å². The quantitative estimate of drug-likeness (QED) is 0.642. The minimum Gasteiger partial charge on any atom is -0.377 e. The molecular weight excluding hydrogens is 402 g/mol. The Balaban J connectivity index is 1.31. The number of nitrogens with one attached hydrogen (secondary N) is 1. The molecule has 4 heterocycles. The number of fused-ring (bicyclic) bond motifs is 1. The van der Waals surface area contributed by atoms with Gasteiger partial charge < -0.3 is 10.1 Å². The van der Waals surface area contributed by atoms with Crippen molar-refractivity contribution in [3.8, 4) is 0 Å². The first-order valence-electron chi connectivity index (χ1n) is 12.2. The second-order valence-corrected chi connectivity index (χ2v) is 9.68. The number of rotatable bonds is 8. The van der Waals surface area contributed by atoms with Crippen LogP contribution < -0.4 is 5.32 Å². The number of nitrogens with zero attached hydrogens (tertiary/aromatic N) is 4. The van der Waals surface area contributed by atoms with E-state index in [1.165, 1.54) is 24.8 Å². The van der Waals surface area contributed by atoms with Crippen LogP contribution >= 0.6 is 0 Å². The molecule has 3 aliphatic rings. The Morgan fingerprint density at radius 1 is 1.28 bits per heavy atom. The molecule has 0 radical (unpaired) electrons. The van der Waals surface area contributed by atoms with Crippen molar-refractivity contribution < 1.29 is 9.53 Å². The van der Waals surface area contributed by atoms with E-state index >= 15 is 0 Å². The lowest BCUT2D eigenvalue weighted by Gasteiger charge is -2.25. The van der Waals surface area contributed by atoms with Crippen LogP contribution in [-0.2, 0) is 16.0 Å². The molecule has 32 heavy (non-hydrogen) atoms. The van der Waals surface area contributed by atoms with E-state index in [1.807, 2.05) is 4.52 Å². The van der Waals surface area contributed by atoms with Crippen LogP contribution in [0.3, 0.4) is 0 Å². The van der Waals surface area contributed by atoms with Crippen molar-refractivity contribution in [2.45, 2.75) is 64.8 Å². The van der Waals surface area contributed by atoms with Crippen molar-refractivity contribution in [3.05, 3.63) is 40.4 Å². The van der Waals surface area contributed by atoms with Gasteiger partial charge in [0.05, 0.1) is 24.9 Å². The number of likely N-dealkylation sites (tertiary alicyclic amines) is 1. The summed E-state index contributed by atoms with van der Waals surface area (Å²) in [5.74, 6) is 0.847. The number of ether oxygens (including phenoxy) is 1. The highest BCUT2D eigenvalue weighted by molar-refractivity contribution is 5.76. The third kappa shape index (κ3) is 4.74. The fourth-order valence-corrected chi connectivity index (χ4v) is 5.11. The highest BCUT2D eigenvalue weighted by Gasteiger charge is 2.29. The van der Waals surface area contributed by atoms with E-state index in [4.69, 9.17) is 14.8 Å². The van der Waals surface area contributed by atoms with E-state index in [9.17, 15) is 4.79 Å². The first-order valence-corrected chi connectivity index (χ1v) is 12.2. The molecular formula is C25H35N5O2. The standard InChI is InChI=1S/C25H35N5O2/c1-17-21(9-10-25(31)26-14-19-7-8-19)18(2)30-24(27-17)13-22(28-30)23-6-3-11-29(23)15-20-5-4-12-32-16-20/h5,13,19,23H,3-4,6-12,14-16H2,1-2H3,(H,26,31). The van der Waals surface area contributed by atoms with Crippen molar-refractivity contribution >= 4 is 11.6 Å². The Hall–Kier alpha value is -2.25. The predicted octanol–water partition coefficient (Wildman–Crippen LogP) is 3.29. The van der Waals surface area contributed by atoms with Crippen molar-refractivity contribution in [2.75, 3.05) is 32.8 Å². The first-order chi connectivity index (χ1) is 15.6. The summed E-state index contributed by atoms with van der Waals surface area (Å²) < 4.78 is 7.63. The molecule has 5 rings (SSSR count). The predicted molar refractivity (Wildman–Crippen MR) is 124 cm³/mol. The molecule has 2 aromatic heterocycles. The van der Waals surface area contributed by atoms with Crippen LogP contribution in [0.4, 0.5) is 0 Å². The summed E-state index contributed by atoms with van der Waals surface area (Å²) >= 11 is 0. The molecule has 2 fully saturated rings. The van der Waals surface area contributed by atoms with Gasteiger partial charge in [-0.25, -0.2) is 9.50 Å². The third-order valence-corrected chi connectivity index (χ3v) is 7.16. The highest BCUT2D eigenvalue weighted by atomic mass is 16.5. The lowest BCUT2D eigenvalue weighted by Crippen LogP contribution is -2.28. The molecule has 1 unspecified atom stereocenters. The minimum atomic E-state index is 0.138.